The number of benzene rings is 2. The molecule has 0 bridgehead atoms. The van der Waals surface area contributed by atoms with Gasteiger partial charge in [-0.05, 0) is 36.0 Å². The number of nitriles is 1. The van der Waals surface area contributed by atoms with E-state index < -0.39 is 0 Å². The van der Waals surface area contributed by atoms with Crippen LogP contribution in [0.2, 0.25) is 0 Å². The Labute approximate surface area is 121 Å². The van der Waals surface area contributed by atoms with Gasteiger partial charge in [0.2, 0.25) is 0 Å². The second kappa shape index (κ2) is 6.39. The summed E-state index contributed by atoms with van der Waals surface area (Å²) in [6.07, 6.45) is 0.776. The lowest BCUT2D eigenvalue weighted by Gasteiger charge is -2.12. The molecule has 0 aromatic heterocycles. The van der Waals surface area contributed by atoms with Crippen molar-refractivity contribution in [3.05, 3.63) is 70.8 Å². The van der Waals surface area contributed by atoms with Gasteiger partial charge in [0.1, 0.15) is 0 Å². The van der Waals surface area contributed by atoms with Crippen molar-refractivity contribution in [2.75, 3.05) is 0 Å². The summed E-state index contributed by atoms with van der Waals surface area (Å²) in [5.74, 6) is 0.459. The maximum Gasteiger partial charge on any atom is 0.0753 e. The number of hydrogen-bond acceptors (Lipinski definition) is 1. The first-order chi connectivity index (χ1) is 9.60. The summed E-state index contributed by atoms with van der Waals surface area (Å²) >= 11 is 0. The zero-order valence-electron chi connectivity index (χ0n) is 12.4. The maximum atomic E-state index is 9.42. The molecule has 1 nitrogen and oxygen atoms in total. The number of aryl methyl sites for hydroxylation is 1. The Morgan fingerprint density at radius 2 is 1.45 bits per heavy atom. The first-order valence-electron chi connectivity index (χ1n) is 7.15. The minimum Gasteiger partial charge on any atom is -0.198 e. The molecule has 0 aliphatic rings. The van der Waals surface area contributed by atoms with Gasteiger partial charge in [-0.1, -0.05) is 67.9 Å². The molecule has 2 aromatic carbocycles. The third-order valence-corrected chi connectivity index (χ3v) is 3.72. The van der Waals surface area contributed by atoms with Crippen LogP contribution >= 0.6 is 0 Å². The predicted molar refractivity (Wildman–Crippen MR) is 83.8 cm³/mol. The lowest BCUT2D eigenvalue weighted by molar-refractivity contribution is 0.836. The smallest absolute Gasteiger partial charge is 0.0753 e. The summed E-state index contributed by atoms with van der Waals surface area (Å²) in [7, 11) is 0. The highest BCUT2D eigenvalue weighted by Gasteiger charge is 2.12. The molecule has 0 N–H and O–H groups in total. The monoisotopic (exact) mass is 263 g/mol. The van der Waals surface area contributed by atoms with Gasteiger partial charge in [-0.2, -0.15) is 5.26 Å². The average Bonchev–Trinajstić information content (AvgIpc) is 2.47. The second-order valence-electron chi connectivity index (χ2n) is 5.69. The summed E-state index contributed by atoms with van der Waals surface area (Å²) in [6.45, 7) is 6.45. The van der Waals surface area contributed by atoms with Gasteiger partial charge in [0, 0.05) is 0 Å². The molecule has 0 saturated carbocycles. The summed E-state index contributed by atoms with van der Waals surface area (Å²) in [5, 5.41) is 9.42. The maximum absolute atomic E-state index is 9.42. The molecule has 0 heterocycles. The molecule has 0 radical (unpaired) electrons. The SMILES string of the molecule is Cc1ccc(CC(C#N)c2ccc(C(C)C)cc2)cc1. The van der Waals surface area contributed by atoms with Crippen molar-refractivity contribution in [1.29, 1.82) is 5.26 Å². The Balaban J connectivity index is 2.16. The largest absolute Gasteiger partial charge is 0.198 e. The molecule has 0 saturated heterocycles. The van der Waals surface area contributed by atoms with Crippen molar-refractivity contribution in [3.63, 3.8) is 0 Å². The van der Waals surface area contributed by atoms with Gasteiger partial charge in [0.05, 0.1) is 12.0 Å². The molecular formula is C19H21N. The van der Waals surface area contributed by atoms with Gasteiger partial charge in [0.15, 0.2) is 0 Å². The predicted octanol–water partition coefficient (Wildman–Crippen LogP) is 4.97. The van der Waals surface area contributed by atoms with Crippen LogP contribution in [0.3, 0.4) is 0 Å². The minimum atomic E-state index is -0.0704. The van der Waals surface area contributed by atoms with Crippen LogP contribution in [0.15, 0.2) is 48.5 Å². The van der Waals surface area contributed by atoms with Crippen molar-refractivity contribution < 1.29 is 0 Å². The van der Waals surface area contributed by atoms with Crippen molar-refractivity contribution >= 4 is 0 Å². The van der Waals surface area contributed by atoms with E-state index in [9.17, 15) is 5.26 Å². The highest BCUT2D eigenvalue weighted by molar-refractivity contribution is 5.33. The number of hydrogen-bond donors (Lipinski definition) is 0. The van der Waals surface area contributed by atoms with E-state index in [2.05, 4.69) is 75.4 Å². The van der Waals surface area contributed by atoms with Crippen LogP contribution in [0, 0.1) is 18.3 Å². The molecular weight excluding hydrogens is 242 g/mol. The van der Waals surface area contributed by atoms with E-state index in [-0.39, 0.29) is 5.92 Å². The molecule has 2 rings (SSSR count). The quantitative estimate of drug-likeness (QED) is 0.764. The molecule has 2 aromatic rings. The molecule has 1 unspecified atom stereocenters. The summed E-state index contributed by atoms with van der Waals surface area (Å²) < 4.78 is 0. The summed E-state index contributed by atoms with van der Waals surface area (Å²) in [5.41, 5.74) is 4.90. The Kier molecular flexibility index (Phi) is 4.58. The first-order valence-corrected chi connectivity index (χ1v) is 7.15. The Morgan fingerprint density at radius 3 is 1.95 bits per heavy atom. The zero-order valence-corrected chi connectivity index (χ0v) is 12.4. The van der Waals surface area contributed by atoms with Crippen molar-refractivity contribution in [2.45, 2.75) is 39.0 Å². The molecule has 0 aliphatic heterocycles. The fourth-order valence-electron chi connectivity index (χ4n) is 2.31. The molecule has 1 heteroatoms. The molecule has 1 atom stereocenters. The number of nitrogens with zero attached hydrogens (tertiary/aromatic N) is 1. The van der Waals surface area contributed by atoms with E-state index in [1.165, 1.54) is 16.7 Å². The van der Waals surface area contributed by atoms with Crippen molar-refractivity contribution in [2.24, 2.45) is 0 Å². The van der Waals surface area contributed by atoms with E-state index in [1.807, 2.05) is 0 Å². The fourth-order valence-corrected chi connectivity index (χ4v) is 2.31. The molecule has 0 aliphatic carbocycles. The average molecular weight is 263 g/mol. The third kappa shape index (κ3) is 3.48. The van der Waals surface area contributed by atoms with Gasteiger partial charge in [0.25, 0.3) is 0 Å². The molecule has 102 valence electrons. The van der Waals surface area contributed by atoms with Crippen molar-refractivity contribution in [3.8, 4) is 6.07 Å². The molecule has 20 heavy (non-hydrogen) atoms. The highest BCUT2D eigenvalue weighted by Crippen LogP contribution is 2.23. The van der Waals surface area contributed by atoms with E-state index in [4.69, 9.17) is 0 Å². The summed E-state index contributed by atoms with van der Waals surface area (Å²) in [4.78, 5) is 0. The standard InChI is InChI=1S/C19H21N/c1-14(2)17-8-10-18(11-9-17)19(13-20)12-16-6-4-15(3)5-7-16/h4-11,14,19H,12H2,1-3H3. The van der Waals surface area contributed by atoms with Crippen molar-refractivity contribution in [1.82, 2.24) is 0 Å². The van der Waals surface area contributed by atoms with Crippen LogP contribution < -0.4 is 0 Å². The molecule has 0 amide bonds. The lowest BCUT2D eigenvalue weighted by atomic mass is 9.91. The number of rotatable bonds is 4. The van der Waals surface area contributed by atoms with Crippen LogP contribution in [0.4, 0.5) is 0 Å². The zero-order chi connectivity index (χ0) is 14.5. The first kappa shape index (κ1) is 14.3. The minimum absolute atomic E-state index is 0.0704. The van der Waals surface area contributed by atoms with E-state index in [1.54, 1.807) is 0 Å². The Bertz CT molecular complexity index is 585. The van der Waals surface area contributed by atoms with Crippen LogP contribution in [0.5, 0.6) is 0 Å². The van der Waals surface area contributed by atoms with Crippen LogP contribution in [0.1, 0.15) is 47.9 Å². The normalized spacial score (nSPS) is 12.2. The third-order valence-electron chi connectivity index (χ3n) is 3.72. The molecule has 0 spiro atoms. The van der Waals surface area contributed by atoms with E-state index >= 15 is 0 Å². The van der Waals surface area contributed by atoms with Crippen LogP contribution in [-0.4, -0.2) is 0 Å². The summed E-state index contributed by atoms with van der Waals surface area (Å²) in [6, 6.07) is 19.3. The Hall–Kier alpha value is -2.07. The lowest BCUT2D eigenvalue weighted by Crippen LogP contribution is -2.01. The topological polar surface area (TPSA) is 23.8 Å². The van der Waals surface area contributed by atoms with E-state index in [0.717, 1.165) is 12.0 Å². The van der Waals surface area contributed by atoms with Gasteiger partial charge in [-0.25, -0.2) is 0 Å². The van der Waals surface area contributed by atoms with Gasteiger partial charge >= 0.3 is 0 Å². The van der Waals surface area contributed by atoms with Gasteiger partial charge < -0.3 is 0 Å². The Morgan fingerprint density at radius 1 is 0.900 bits per heavy atom. The van der Waals surface area contributed by atoms with Crippen LogP contribution in [0.25, 0.3) is 0 Å². The van der Waals surface area contributed by atoms with Gasteiger partial charge in [-0.15, -0.1) is 0 Å². The molecule has 0 fully saturated rings. The van der Waals surface area contributed by atoms with Gasteiger partial charge in [-0.3, -0.25) is 0 Å². The highest BCUT2D eigenvalue weighted by atomic mass is 14.3. The van der Waals surface area contributed by atoms with E-state index in [0.29, 0.717) is 5.92 Å². The second-order valence-corrected chi connectivity index (χ2v) is 5.69. The fraction of sp³-hybridized carbons (Fsp3) is 0.316. The van der Waals surface area contributed by atoms with Crippen LogP contribution in [-0.2, 0) is 6.42 Å².